The SMILES string of the molecule is CCOc1cc(NC2CCN(C(=O)C3(c4cc(C)cc(C)c4)CC3)CC2)ncn1. The number of benzene rings is 1. The van der Waals surface area contributed by atoms with Crippen LogP contribution in [0.15, 0.2) is 30.6 Å². The number of ether oxygens (including phenoxy) is 1. The third-order valence-corrected chi connectivity index (χ3v) is 6.00. The molecule has 1 N–H and O–H groups in total. The van der Waals surface area contributed by atoms with Crippen LogP contribution < -0.4 is 10.1 Å². The van der Waals surface area contributed by atoms with Gasteiger partial charge < -0.3 is 15.0 Å². The van der Waals surface area contributed by atoms with Gasteiger partial charge >= 0.3 is 0 Å². The predicted molar refractivity (Wildman–Crippen MR) is 113 cm³/mol. The van der Waals surface area contributed by atoms with Gasteiger partial charge in [0.05, 0.1) is 12.0 Å². The molecular formula is C23H30N4O2. The third kappa shape index (κ3) is 4.21. The van der Waals surface area contributed by atoms with Crippen molar-refractivity contribution in [3.8, 4) is 5.88 Å². The van der Waals surface area contributed by atoms with Crippen LogP contribution in [0.4, 0.5) is 5.82 Å². The Morgan fingerprint density at radius 1 is 1.14 bits per heavy atom. The first-order chi connectivity index (χ1) is 14.0. The largest absolute Gasteiger partial charge is 0.478 e. The lowest BCUT2D eigenvalue weighted by molar-refractivity contribution is -0.134. The van der Waals surface area contributed by atoms with Crippen LogP contribution in [0.5, 0.6) is 5.88 Å². The summed E-state index contributed by atoms with van der Waals surface area (Å²) in [6, 6.07) is 8.69. The van der Waals surface area contributed by atoms with E-state index in [1.807, 2.05) is 13.0 Å². The monoisotopic (exact) mass is 394 g/mol. The zero-order valence-electron chi connectivity index (χ0n) is 17.6. The van der Waals surface area contributed by atoms with Gasteiger partial charge in [-0.2, -0.15) is 0 Å². The topological polar surface area (TPSA) is 67.3 Å². The molecule has 1 aromatic carbocycles. The fourth-order valence-corrected chi connectivity index (χ4v) is 4.39. The standard InChI is InChI=1S/C23H30N4O2/c1-4-29-21-14-20(24-15-25-21)26-19-5-9-27(10-6-19)22(28)23(7-8-23)18-12-16(2)11-17(3)13-18/h11-15,19H,4-10H2,1-3H3,(H,24,25,26). The van der Waals surface area contributed by atoms with E-state index in [4.69, 9.17) is 4.74 Å². The summed E-state index contributed by atoms with van der Waals surface area (Å²) in [4.78, 5) is 23.8. The van der Waals surface area contributed by atoms with Crippen LogP contribution in [0, 0.1) is 13.8 Å². The molecule has 0 bridgehead atoms. The second-order valence-electron chi connectivity index (χ2n) is 8.34. The molecule has 29 heavy (non-hydrogen) atoms. The maximum atomic E-state index is 13.4. The lowest BCUT2D eigenvalue weighted by atomic mass is 9.90. The van der Waals surface area contributed by atoms with E-state index < -0.39 is 0 Å². The van der Waals surface area contributed by atoms with Crippen molar-refractivity contribution < 1.29 is 9.53 Å². The molecule has 1 saturated heterocycles. The Labute approximate surface area is 172 Å². The average Bonchev–Trinajstić information content (AvgIpc) is 3.50. The second kappa shape index (κ2) is 8.01. The Kier molecular flexibility index (Phi) is 5.43. The number of piperidine rings is 1. The molecule has 0 atom stereocenters. The normalized spacial score (nSPS) is 18.4. The van der Waals surface area contributed by atoms with Gasteiger partial charge in [-0.25, -0.2) is 9.97 Å². The van der Waals surface area contributed by atoms with E-state index in [2.05, 4.69) is 52.2 Å². The molecule has 1 aliphatic carbocycles. The summed E-state index contributed by atoms with van der Waals surface area (Å²) in [5.41, 5.74) is 3.39. The number of hydrogen-bond donors (Lipinski definition) is 1. The van der Waals surface area contributed by atoms with E-state index in [-0.39, 0.29) is 5.41 Å². The minimum Gasteiger partial charge on any atom is -0.478 e. The average molecular weight is 395 g/mol. The Bertz CT molecular complexity index is 866. The third-order valence-electron chi connectivity index (χ3n) is 6.00. The van der Waals surface area contributed by atoms with Crippen molar-refractivity contribution in [1.29, 1.82) is 0 Å². The quantitative estimate of drug-likeness (QED) is 0.810. The number of carbonyl (C=O) groups is 1. The van der Waals surface area contributed by atoms with Crippen molar-refractivity contribution in [2.45, 2.75) is 57.9 Å². The Hall–Kier alpha value is -2.63. The molecule has 6 nitrogen and oxygen atoms in total. The molecule has 2 aliphatic rings. The number of aryl methyl sites for hydroxylation is 2. The van der Waals surface area contributed by atoms with Gasteiger partial charge in [0.2, 0.25) is 11.8 Å². The molecule has 154 valence electrons. The van der Waals surface area contributed by atoms with Gasteiger partial charge in [-0.3, -0.25) is 4.79 Å². The summed E-state index contributed by atoms with van der Waals surface area (Å²) >= 11 is 0. The first-order valence-electron chi connectivity index (χ1n) is 10.6. The minimum atomic E-state index is -0.282. The van der Waals surface area contributed by atoms with E-state index in [0.717, 1.165) is 44.6 Å². The number of aromatic nitrogens is 2. The lowest BCUT2D eigenvalue weighted by Crippen LogP contribution is -2.46. The second-order valence-corrected chi connectivity index (χ2v) is 8.34. The number of likely N-dealkylation sites (tertiary alicyclic amines) is 1. The first kappa shape index (κ1) is 19.7. The lowest BCUT2D eigenvalue weighted by Gasteiger charge is -2.35. The van der Waals surface area contributed by atoms with Crippen LogP contribution in [0.1, 0.15) is 49.3 Å². The molecule has 2 aromatic rings. The van der Waals surface area contributed by atoms with Crippen LogP contribution >= 0.6 is 0 Å². The van der Waals surface area contributed by atoms with Gasteiger partial charge in [0, 0.05) is 25.2 Å². The Morgan fingerprint density at radius 2 is 1.83 bits per heavy atom. The number of rotatable bonds is 6. The maximum absolute atomic E-state index is 13.4. The van der Waals surface area contributed by atoms with Crippen LogP contribution in [0.2, 0.25) is 0 Å². The highest BCUT2D eigenvalue weighted by atomic mass is 16.5. The van der Waals surface area contributed by atoms with Crippen molar-refractivity contribution in [3.05, 3.63) is 47.3 Å². The van der Waals surface area contributed by atoms with E-state index in [0.29, 0.717) is 24.4 Å². The molecule has 1 amide bonds. The number of nitrogens with one attached hydrogen (secondary N) is 1. The summed E-state index contributed by atoms with van der Waals surface area (Å²) in [7, 11) is 0. The highest BCUT2D eigenvalue weighted by Crippen LogP contribution is 2.50. The molecule has 1 aromatic heterocycles. The van der Waals surface area contributed by atoms with Gasteiger partial charge in [-0.05, 0) is 52.0 Å². The van der Waals surface area contributed by atoms with Crippen molar-refractivity contribution in [3.63, 3.8) is 0 Å². The number of hydrogen-bond acceptors (Lipinski definition) is 5. The van der Waals surface area contributed by atoms with E-state index in [1.54, 1.807) is 0 Å². The molecule has 0 radical (unpaired) electrons. The molecule has 1 saturated carbocycles. The fourth-order valence-electron chi connectivity index (χ4n) is 4.39. The first-order valence-corrected chi connectivity index (χ1v) is 10.6. The van der Waals surface area contributed by atoms with Crippen molar-refractivity contribution >= 4 is 11.7 Å². The molecule has 1 aliphatic heterocycles. The van der Waals surface area contributed by atoms with Gasteiger partial charge in [-0.1, -0.05) is 29.3 Å². The number of nitrogens with zero attached hydrogens (tertiary/aromatic N) is 3. The summed E-state index contributed by atoms with van der Waals surface area (Å²) in [5.74, 6) is 1.67. The molecular weight excluding hydrogens is 364 g/mol. The highest BCUT2D eigenvalue weighted by Gasteiger charge is 2.53. The summed E-state index contributed by atoms with van der Waals surface area (Å²) in [5, 5.41) is 3.47. The van der Waals surface area contributed by atoms with Gasteiger partial charge in [-0.15, -0.1) is 0 Å². The zero-order valence-corrected chi connectivity index (χ0v) is 17.6. The molecule has 0 unspecified atom stereocenters. The molecule has 0 spiro atoms. The predicted octanol–water partition coefficient (Wildman–Crippen LogP) is 3.63. The summed E-state index contributed by atoms with van der Waals surface area (Å²) in [6.07, 6.45) is 5.29. The molecule has 2 fully saturated rings. The number of carbonyl (C=O) groups excluding carboxylic acids is 1. The van der Waals surface area contributed by atoms with Crippen LogP contribution in [0.25, 0.3) is 0 Å². The van der Waals surface area contributed by atoms with Gasteiger partial charge in [0.15, 0.2) is 0 Å². The summed E-state index contributed by atoms with van der Waals surface area (Å²) < 4.78 is 5.44. The Balaban J connectivity index is 1.37. The van der Waals surface area contributed by atoms with E-state index >= 15 is 0 Å². The van der Waals surface area contributed by atoms with Crippen LogP contribution in [-0.2, 0) is 10.2 Å². The van der Waals surface area contributed by atoms with Crippen LogP contribution in [0.3, 0.4) is 0 Å². The number of amides is 1. The fraction of sp³-hybridized carbons (Fsp3) is 0.522. The smallest absolute Gasteiger partial charge is 0.233 e. The van der Waals surface area contributed by atoms with Crippen LogP contribution in [-0.4, -0.2) is 46.5 Å². The van der Waals surface area contributed by atoms with Crippen molar-refractivity contribution in [2.75, 3.05) is 25.0 Å². The zero-order chi connectivity index (χ0) is 20.4. The number of anilines is 1. The van der Waals surface area contributed by atoms with Crippen molar-refractivity contribution in [2.24, 2.45) is 0 Å². The Morgan fingerprint density at radius 3 is 2.45 bits per heavy atom. The maximum Gasteiger partial charge on any atom is 0.233 e. The van der Waals surface area contributed by atoms with Gasteiger partial charge in [0.1, 0.15) is 12.1 Å². The minimum absolute atomic E-state index is 0.282. The summed E-state index contributed by atoms with van der Waals surface area (Å²) in [6.45, 7) is 8.31. The highest BCUT2D eigenvalue weighted by molar-refractivity contribution is 5.91. The molecule has 2 heterocycles. The molecule has 4 rings (SSSR count). The van der Waals surface area contributed by atoms with E-state index in [9.17, 15) is 4.79 Å². The van der Waals surface area contributed by atoms with E-state index in [1.165, 1.54) is 23.0 Å². The van der Waals surface area contributed by atoms with Crippen molar-refractivity contribution in [1.82, 2.24) is 14.9 Å². The van der Waals surface area contributed by atoms with Gasteiger partial charge in [0.25, 0.3) is 0 Å². The molecule has 6 heteroatoms.